The van der Waals surface area contributed by atoms with Gasteiger partial charge in [-0.25, -0.2) is 4.79 Å². The average molecular weight is 455 g/mol. The molecule has 0 spiro atoms. The molecule has 0 fully saturated rings. The SMILES string of the molecule is CCCCCCCCCCCCOc1ccccc1OC(=O)c1ccc(C(C)OCC)cc1. The van der Waals surface area contributed by atoms with E-state index in [9.17, 15) is 4.79 Å². The molecule has 0 saturated carbocycles. The fourth-order valence-corrected chi connectivity index (χ4v) is 3.82. The molecule has 0 saturated heterocycles. The van der Waals surface area contributed by atoms with Gasteiger partial charge in [0.1, 0.15) is 0 Å². The van der Waals surface area contributed by atoms with E-state index in [0.717, 1.165) is 12.0 Å². The Kier molecular flexibility index (Phi) is 13.3. The minimum absolute atomic E-state index is 0.00000812. The molecule has 0 amide bonds. The van der Waals surface area contributed by atoms with E-state index in [1.54, 1.807) is 18.2 Å². The minimum Gasteiger partial charge on any atom is -0.490 e. The fourth-order valence-electron chi connectivity index (χ4n) is 3.82. The van der Waals surface area contributed by atoms with Crippen molar-refractivity contribution in [3.05, 3.63) is 59.7 Å². The van der Waals surface area contributed by atoms with Crippen molar-refractivity contribution in [3.63, 3.8) is 0 Å². The van der Waals surface area contributed by atoms with Crippen molar-refractivity contribution in [3.8, 4) is 11.5 Å². The molecule has 4 heteroatoms. The van der Waals surface area contributed by atoms with Crippen molar-refractivity contribution < 1.29 is 19.0 Å². The van der Waals surface area contributed by atoms with E-state index < -0.39 is 0 Å². The van der Waals surface area contributed by atoms with Crippen molar-refractivity contribution in [2.24, 2.45) is 0 Å². The van der Waals surface area contributed by atoms with Crippen LogP contribution < -0.4 is 9.47 Å². The lowest BCUT2D eigenvalue weighted by Gasteiger charge is -2.13. The average Bonchev–Trinajstić information content (AvgIpc) is 2.83. The van der Waals surface area contributed by atoms with Crippen LogP contribution >= 0.6 is 0 Å². The number of para-hydroxylation sites is 2. The molecule has 0 N–H and O–H groups in total. The van der Waals surface area contributed by atoms with E-state index in [4.69, 9.17) is 14.2 Å². The number of hydrogen-bond donors (Lipinski definition) is 0. The highest BCUT2D eigenvalue weighted by molar-refractivity contribution is 5.91. The molecule has 2 aromatic carbocycles. The fraction of sp³-hybridized carbons (Fsp3) is 0.552. The Labute approximate surface area is 200 Å². The molecule has 1 unspecified atom stereocenters. The first-order valence-electron chi connectivity index (χ1n) is 12.8. The Balaban J connectivity index is 1.72. The summed E-state index contributed by atoms with van der Waals surface area (Å²) < 4.78 is 17.2. The summed E-state index contributed by atoms with van der Waals surface area (Å²) in [4.78, 5) is 12.6. The Bertz CT molecular complexity index is 784. The maximum absolute atomic E-state index is 12.6. The van der Waals surface area contributed by atoms with Crippen LogP contribution in [0.3, 0.4) is 0 Å². The van der Waals surface area contributed by atoms with Crippen molar-refractivity contribution in [2.75, 3.05) is 13.2 Å². The molecule has 2 aromatic rings. The van der Waals surface area contributed by atoms with Crippen LogP contribution in [0, 0.1) is 0 Å². The quantitative estimate of drug-likeness (QED) is 0.137. The molecule has 1 atom stereocenters. The predicted molar refractivity (Wildman–Crippen MR) is 135 cm³/mol. The lowest BCUT2D eigenvalue weighted by molar-refractivity contribution is 0.0723. The Morgan fingerprint density at radius 3 is 1.94 bits per heavy atom. The lowest BCUT2D eigenvalue weighted by atomic mass is 10.1. The van der Waals surface area contributed by atoms with Crippen LogP contribution in [0.5, 0.6) is 11.5 Å². The van der Waals surface area contributed by atoms with Gasteiger partial charge in [-0.2, -0.15) is 0 Å². The van der Waals surface area contributed by atoms with E-state index in [1.165, 1.54) is 57.8 Å². The molecule has 0 aliphatic carbocycles. The van der Waals surface area contributed by atoms with Gasteiger partial charge in [-0.3, -0.25) is 0 Å². The van der Waals surface area contributed by atoms with Crippen LogP contribution in [-0.2, 0) is 4.74 Å². The highest BCUT2D eigenvalue weighted by atomic mass is 16.6. The second kappa shape index (κ2) is 16.3. The molecule has 0 heterocycles. The number of carbonyl (C=O) groups is 1. The lowest BCUT2D eigenvalue weighted by Crippen LogP contribution is -2.10. The van der Waals surface area contributed by atoms with Gasteiger partial charge in [0, 0.05) is 6.61 Å². The van der Waals surface area contributed by atoms with E-state index in [2.05, 4.69) is 6.92 Å². The second-order valence-electron chi connectivity index (χ2n) is 8.59. The summed E-state index contributed by atoms with van der Waals surface area (Å²) in [5.41, 5.74) is 1.54. The third kappa shape index (κ3) is 10.4. The Morgan fingerprint density at radius 2 is 1.33 bits per heavy atom. The van der Waals surface area contributed by atoms with E-state index in [0.29, 0.717) is 30.3 Å². The van der Waals surface area contributed by atoms with E-state index in [-0.39, 0.29) is 12.1 Å². The molecular weight excluding hydrogens is 412 g/mol. The number of carbonyl (C=O) groups excluding carboxylic acids is 1. The van der Waals surface area contributed by atoms with Crippen LogP contribution in [0.25, 0.3) is 0 Å². The zero-order valence-corrected chi connectivity index (χ0v) is 20.8. The normalized spacial score (nSPS) is 11.8. The number of benzene rings is 2. The van der Waals surface area contributed by atoms with Crippen LogP contribution in [0.15, 0.2) is 48.5 Å². The third-order valence-corrected chi connectivity index (χ3v) is 5.84. The summed E-state index contributed by atoms with van der Waals surface area (Å²) in [5, 5.41) is 0. The molecule has 0 aromatic heterocycles. The summed E-state index contributed by atoms with van der Waals surface area (Å²) in [6.45, 7) is 7.52. The van der Waals surface area contributed by atoms with Gasteiger partial charge < -0.3 is 14.2 Å². The van der Waals surface area contributed by atoms with Crippen LogP contribution in [-0.4, -0.2) is 19.2 Å². The summed E-state index contributed by atoms with van der Waals surface area (Å²) >= 11 is 0. The first kappa shape index (κ1) is 26.9. The molecule has 2 rings (SSSR count). The molecule has 0 radical (unpaired) electrons. The largest absolute Gasteiger partial charge is 0.490 e. The number of ether oxygens (including phenoxy) is 3. The number of rotatable bonds is 17. The second-order valence-corrected chi connectivity index (χ2v) is 8.59. The van der Waals surface area contributed by atoms with Crippen LogP contribution in [0.4, 0.5) is 0 Å². The highest BCUT2D eigenvalue weighted by Gasteiger charge is 2.13. The molecule has 0 aliphatic rings. The maximum Gasteiger partial charge on any atom is 0.343 e. The van der Waals surface area contributed by atoms with E-state index >= 15 is 0 Å². The monoisotopic (exact) mass is 454 g/mol. The summed E-state index contributed by atoms with van der Waals surface area (Å²) in [6, 6.07) is 14.7. The zero-order valence-electron chi connectivity index (χ0n) is 20.8. The van der Waals surface area contributed by atoms with Gasteiger partial charge in [0.15, 0.2) is 11.5 Å². The summed E-state index contributed by atoms with van der Waals surface area (Å²) in [7, 11) is 0. The van der Waals surface area contributed by atoms with Gasteiger partial charge in [-0.05, 0) is 50.1 Å². The molecule has 182 valence electrons. The first-order valence-corrected chi connectivity index (χ1v) is 12.8. The summed E-state index contributed by atoms with van der Waals surface area (Å²) in [6.07, 6.45) is 12.9. The van der Waals surface area contributed by atoms with Gasteiger partial charge in [-0.15, -0.1) is 0 Å². The molecule has 0 bridgehead atoms. The standard InChI is InChI=1S/C29H42O4/c1-4-6-7-8-9-10-11-12-13-16-23-32-27-17-14-15-18-28(27)33-29(30)26-21-19-25(20-22-26)24(3)31-5-2/h14-15,17-22,24H,4-13,16,23H2,1-3H3. The Hall–Kier alpha value is -2.33. The van der Waals surface area contributed by atoms with Gasteiger partial charge >= 0.3 is 5.97 Å². The van der Waals surface area contributed by atoms with Crippen molar-refractivity contribution in [2.45, 2.75) is 91.1 Å². The highest BCUT2D eigenvalue weighted by Crippen LogP contribution is 2.28. The minimum atomic E-state index is -0.388. The van der Waals surface area contributed by atoms with Crippen molar-refractivity contribution >= 4 is 5.97 Å². The third-order valence-electron chi connectivity index (χ3n) is 5.84. The molecule has 33 heavy (non-hydrogen) atoms. The molecular formula is C29H42O4. The predicted octanol–water partition coefficient (Wildman–Crippen LogP) is 8.30. The number of hydrogen-bond acceptors (Lipinski definition) is 4. The maximum atomic E-state index is 12.6. The first-order chi connectivity index (χ1) is 16.2. The number of esters is 1. The van der Waals surface area contributed by atoms with Crippen molar-refractivity contribution in [1.82, 2.24) is 0 Å². The van der Waals surface area contributed by atoms with Crippen LogP contribution in [0.1, 0.15) is 107 Å². The zero-order chi connectivity index (χ0) is 23.7. The van der Waals surface area contributed by atoms with Crippen molar-refractivity contribution in [1.29, 1.82) is 0 Å². The van der Waals surface area contributed by atoms with Gasteiger partial charge in [0.25, 0.3) is 0 Å². The van der Waals surface area contributed by atoms with Gasteiger partial charge in [0.2, 0.25) is 0 Å². The number of unbranched alkanes of at least 4 members (excludes halogenated alkanes) is 9. The summed E-state index contributed by atoms with van der Waals surface area (Å²) in [5.74, 6) is 0.685. The van der Waals surface area contributed by atoms with Gasteiger partial charge in [-0.1, -0.05) is 89.0 Å². The van der Waals surface area contributed by atoms with Crippen LogP contribution in [0.2, 0.25) is 0 Å². The van der Waals surface area contributed by atoms with Gasteiger partial charge in [0.05, 0.1) is 18.3 Å². The Morgan fingerprint density at radius 1 is 0.758 bits per heavy atom. The molecule has 0 aliphatic heterocycles. The molecule has 4 nitrogen and oxygen atoms in total. The van der Waals surface area contributed by atoms with E-state index in [1.807, 2.05) is 44.2 Å². The smallest absolute Gasteiger partial charge is 0.343 e. The topological polar surface area (TPSA) is 44.8 Å².